The molecule has 0 fully saturated rings. The van der Waals surface area contributed by atoms with E-state index in [1.165, 1.54) is 6.07 Å². The number of amides is 1. The average Bonchev–Trinajstić information content (AvgIpc) is 2.94. The second kappa shape index (κ2) is 13.6. The van der Waals surface area contributed by atoms with Crippen LogP contribution in [0.5, 0.6) is 17.2 Å². The molecule has 0 aliphatic carbocycles. The molecule has 1 N–H and O–H groups in total. The molecule has 4 aromatic rings. The van der Waals surface area contributed by atoms with Crippen LogP contribution in [0.15, 0.2) is 84.9 Å². The van der Waals surface area contributed by atoms with Gasteiger partial charge in [-0.2, -0.15) is 0 Å². The zero-order valence-electron chi connectivity index (χ0n) is 21.8. The monoisotopic (exact) mass is 583 g/mol. The number of carbonyl (C=O) groups excluding carboxylic acids is 2. The molecule has 0 radical (unpaired) electrons. The van der Waals surface area contributed by atoms with E-state index >= 15 is 0 Å². The molecule has 1 heterocycles. The number of aliphatic carboxylic acids is 1. The number of carbonyl (C=O) groups is 2. The first-order chi connectivity index (χ1) is 18.9. The van der Waals surface area contributed by atoms with Gasteiger partial charge in [0, 0.05) is 46.2 Å². The molecule has 6 nitrogen and oxygen atoms in total. The second-order valence-electron chi connectivity index (χ2n) is 9.14. The van der Waals surface area contributed by atoms with Crippen molar-refractivity contribution in [2.45, 2.75) is 18.8 Å². The van der Waals surface area contributed by atoms with E-state index in [2.05, 4.69) is 5.32 Å². The Labute approximate surface area is 264 Å². The summed E-state index contributed by atoms with van der Waals surface area (Å²) in [5.74, 6) is -0.922. The van der Waals surface area contributed by atoms with Crippen molar-refractivity contribution in [1.29, 1.82) is 0 Å². The van der Waals surface area contributed by atoms with Crippen molar-refractivity contribution in [1.82, 2.24) is 5.32 Å². The first-order valence-corrected chi connectivity index (χ1v) is 13.2. The van der Waals surface area contributed by atoms with Gasteiger partial charge < -0.3 is 24.7 Å². The normalized spacial score (nSPS) is 13.8. The number of carboxylic acid groups (broad SMARTS) is 1. The second-order valence-corrected chi connectivity index (χ2v) is 9.95. The summed E-state index contributed by atoms with van der Waals surface area (Å²) in [7, 11) is 0. The van der Waals surface area contributed by atoms with Crippen LogP contribution >= 0.6 is 23.2 Å². The van der Waals surface area contributed by atoms with Crippen LogP contribution in [-0.4, -0.2) is 25.0 Å². The van der Waals surface area contributed by atoms with Gasteiger partial charge in [0.1, 0.15) is 17.2 Å². The molecule has 5 rings (SSSR count). The largest absolute Gasteiger partial charge is 1.00 e. The predicted molar refractivity (Wildman–Crippen MR) is 149 cm³/mol. The number of rotatable bonds is 8. The third kappa shape index (κ3) is 7.00. The van der Waals surface area contributed by atoms with E-state index in [0.29, 0.717) is 52.8 Å². The number of benzene rings is 4. The fourth-order valence-corrected chi connectivity index (χ4v) is 4.94. The maximum Gasteiger partial charge on any atom is 1.00 e. The standard InChI is InChI=1S/C31H25Cl2NO5.Na/c32-26-4-2-1-3-23(26)20-7-5-19(6-8-20)13-15-34-30(35)21-9-11-22(12-10-21)39-29-18-28-25(17-27(29)33)24(31(36)37)14-16-38-28;/h1-12,17-18,24H,13-16H2,(H,34,35)(H,36,37);/q;+1/p-1. The topological polar surface area (TPSA) is 87.7 Å². The number of halogens is 2. The van der Waals surface area contributed by atoms with Crippen LogP contribution in [0.25, 0.3) is 11.1 Å². The molecule has 1 amide bonds. The minimum absolute atomic E-state index is 0. The summed E-state index contributed by atoms with van der Waals surface area (Å²) in [4.78, 5) is 24.0. The summed E-state index contributed by atoms with van der Waals surface area (Å²) >= 11 is 12.6. The van der Waals surface area contributed by atoms with Gasteiger partial charge in [0.2, 0.25) is 0 Å². The minimum Gasteiger partial charge on any atom is -0.549 e. The van der Waals surface area contributed by atoms with E-state index in [4.69, 9.17) is 32.7 Å². The SMILES string of the molecule is O=C(NCCc1ccc(-c2ccccc2Cl)cc1)c1ccc(Oc2cc3c(cc2Cl)C(C(=O)[O-])CCO3)cc1.[Na+]. The summed E-state index contributed by atoms with van der Waals surface area (Å²) in [5.41, 5.74) is 4.10. The Hall–Kier alpha value is -3.00. The van der Waals surface area contributed by atoms with Gasteiger partial charge in [0.25, 0.3) is 5.91 Å². The Morgan fingerprint density at radius 2 is 1.68 bits per heavy atom. The number of hydrogen-bond acceptors (Lipinski definition) is 5. The molecule has 0 saturated heterocycles. The third-order valence-electron chi connectivity index (χ3n) is 6.57. The van der Waals surface area contributed by atoms with Crippen LogP contribution in [0, 0.1) is 0 Å². The summed E-state index contributed by atoms with van der Waals surface area (Å²) in [6.45, 7) is 0.754. The van der Waals surface area contributed by atoms with Crippen molar-refractivity contribution in [3.63, 3.8) is 0 Å². The Morgan fingerprint density at radius 1 is 0.950 bits per heavy atom. The number of fused-ring (bicyclic) bond motifs is 1. The van der Waals surface area contributed by atoms with Crippen molar-refractivity contribution in [3.05, 3.63) is 112 Å². The van der Waals surface area contributed by atoms with Crippen molar-refractivity contribution in [3.8, 4) is 28.4 Å². The molecular weight excluding hydrogens is 560 g/mol. The van der Waals surface area contributed by atoms with Gasteiger partial charge in [-0.1, -0.05) is 65.7 Å². The zero-order chi connectivity index (χ0) is 27.4. The van der Waals surface area contributed by atoms with Crippen molar-refractivity contribution in [2.75, 3.05) is 13.2 Å². The molecule has 9 heteroatoms. The van der Waals surface area contributed by atoms with Crippen LogP contribution < -0.4 is 49.5 Å². The van der Waals surface area contributed by atoms with Crippen LogP contribution in [0.2, 0.25) is 10.0 Å². The van der Waals surface area contributed by atoms with E-state index in [-0.39, 0.29) is 47.1 Å². The maximum absolute atomic E-state index is 12.6. The van der Waals surface area contributed by atoms with Crippen molar-refractivity contribution < 1.29 is 53.7 Å². The summed E-state index contributed by atoms with van der Waals surface area (Å²) in [6, 6.07) is 25.6. The van der Waals surface area contributed by atoms with Crippen molar-refractivity contribution >= 4 is 35.1 Å². The molecule has 1 aliphatic rings. The molecule has 0 aromatic heterocycles. The molecule has 0 saturated carbocycles. The molecule has 1 atom stereocenters. The molecular formula is C31H24Cl2NNaO5. The predicted octanol–water partition coefficient (Wildman–Crippen LogP) is 3.05. The number of nitrogens with one attached hydrogen (secondary N) is 1. The Balaban J connectivity index is 0.00000370. The third-order valence-corrected chi connectivity index (χ3v) is 7.20. The average molecular weight is 584 g/mol. The number of hydrogen-bond donors (Lipinski definition) is 1. The first kappa shape index (κ1) is 30.0. The van der Waals surface area contributed by atoms with Gasteiger partial charge in [-0.15, -0.1) is 0 Å². The Bertz CT molecular complexity index is 1510. The molecule has 1 unspecified atom stereocenters. The molecule has 0 bridgehead atoms. The summed E-state index contributed by atoms with van der Waals surface area (Å²) in [5, 5.41) is 15.3. The molecule has 198 valence electrons. The van der Waals surface area contributed by atoms with Crippen LogP contribution in [0.4, 0.5) is 0 Å². The van der Waals surface area contributed by atoms with Gasteiger partial charge in [0.15, 0.2) is 0 Å². The van der Waals surface area contributed by atoms with Gasteiger partial charge in [-0.05, 0) is 60.4 Å². The van der Waals surface area contributed by atoms with Gasteiger partial charge in [0.05, 0.1) is 11.6 Å². The zero-order valence-corrected chi connectivity index (χ0v) is 25.3. The van der Waals surface area contributed by atoms with E-state index in [1.807, 2.05) is 48.5 Å². The van der Waals surface area contributed by atoms with Crippen molar-refractivity contribution in [2.24, 2.45) is 0 Å². The molecule has 4 aromatic carbocycles. The van der Waals surface area contributed by atoms with Crippen LogP contribution in [0.1, 0.15) is 33.8 Å². The fourth-order valence-electron chi connectivity index (χ4n) is 4.48. The number of carboxylic acids is 1. The van der Waals surface area contributed by atoms with Crippen LogP contribution in [0.3, 0.4) is 0 Å². The smallest absolute Gasteiger partial charge is 0.549 e. The van der Waals surface area contributed by atoms with E-state index < -0.39 is 11.9 Å². The molecule has 1 aliphatic heterocycles. The van der Waals surface area contributed by atoms with E-state index in [0.717, 1.165) is 16.7 Å². The fraction of sp³-hybridized carbons (Fsp3) is 0.161. The first-order valence-electron chi connectivity index (χ1n) is 12.5. The maximum atomic E-state index is 12.6. The Morgan fingerprint density at radius 3 is 2.38 bits per heavy atom. The minimum atomic E-state index is -1.16. The number of ether oxygens (including phenoxy) is 2. The quantitative estimate of drug-likeness (QED) is 0.322. The molecule has 0 spiro atoms. The summed E-state index contributed by atoms with van der Waals surface area (Å²) < 4.78 is 11.5. The van der Waals surface area contributed by atoms with E-state index in [9.17, 15) is 14.7 Å². The van der Waals surface area contributed by atoms with Gasteiger partial charge in [-0.25, -0.2) is 0 Å². The van der Waals surface area contributed by atoms with E-state index in [1.54, 1.807) is 30.3 Å². The summed E-state index contributed by atoms with van der Waals surface area (Å²) in [6.07, 6.45) is 1.01. The van der Waals surface area contributed by atoms with Gasteiger partial charge in [-0.3, -0.25) is 4.79 Å². The Kier molecular flexibility index (Phi) is 10.2. The van der Waals surface area contributed by atoms with Gasteiger partial charge >= 0.3 is 29.6 Å². The van der Waals surface area contributed by atoms with Crippen LogP contribution in [-0.2, 0) is 11.2 Å². The molecule has 40 heavy (non-hydrogen) atoms.